The molecule has 8 nitrogen and oxygen atoms in total. The fourth-order valence-corrected chi connectivity index (χ4v) is 3.13. The van der Waals surface area contributed by atoms with Crippen molar-refractivity contribution in [3.8, 4) is 0 Å². The molecule has 0 atom stereocenters. The maximum atomic E-state index is 12.4. The molecule has 0 radical (unpaired) electrons. The van der Waals surface area contributed by atoms with E-state index in [0.717, 1.165) is 5.52 Å². The number of hydrogen-bond acceptors (Lipinski definition) is 4. The van der Waals surface area contributed by atoms with Gasteiger partial charge in [0, 0.05) is 24.8 Å². The highest BCUT2D eigenvalue weighted by molar-refractivity contribution is 5.99. The number of H-pyrrole nitrogens is 1. The zero-order chi connectivity index (χ0) is 18.1. The van der Waals surface area contributed by atoms with Gasteiger partial charge in [-0.25, -0.2) is 0 Å². The van der Waals surface area contributed by atoms with Crippen LogP contribution in [-0.4, -0.2) is 58.9 Å². The van der Waals surface area contributed by atoms with Gasteiger partial charge >= 0.3 is 0 Å². The minimum absolute atomic E-state index is 0.0655. The monoisotopic (exact) mass is 354 g/mol. The third kappa shape index (κ3) is 2.95. The highest BCUT2D eigenvalue weighted by Gasteiger charge is 2.18. The van der Waals surface area contributed by atoms with Crippen LogP contribution in [0.25, 0.3) is 16.6 Å². The van der Waals surface area contributed by atoms with Gasteiger partial charge < -0.3 is 24.3 Å². The first kappa shape index (κ1) is 16.3. The van der Waals surface area contributed by atoms with Gasteiger partial charge in [-0.1, -0.05) is 0 Å². The van der Waals surface area contributed by atoms with Gasteiger partial charge in [0.1, 0.15) is 5.52 Å². The second kappa shape index (κ2) is 6.64. The summed E-state index contributed by atoms with van der Waals surface area (Å²) in [6.45, 7) is 2.05. The van der Waals surface area contributed by atoms with Crippen molar-refractivity contribution in [2.75, 3.05) is 32.8 Å². The van der Waals surface area contributed by atoms with E-state index in [1.165, 1.54) is 0 Å². The minimum atomic E-state index is -0.359. The van der Waals surface area contributed by atoms with E-state index >= 15 is 0 Å². The van der Waals surface area contributed by atoms with Crippen molar-refractivity contribution in [1.82, 2.24) is 19.6 Å². The Kier molecular flexibility index (Phi) is 4.18. The average molecular weight is 354 g/mol. The molecule has 3 aromatic rings. The molecule has 0 aliphatic carbocycles. The Hall–Kier alpha value is -3.13. The maximum Gasteiger partial charge on any atom is 0.272 e. The molecule has 1 saturated heterocycles. The molecule has 1 aromatic carbocycles. The number of nitrogens with zero attached hydrogens (tertiary/aromatic N) is 2. The quantitative estimate of drug-likeness (QED) is 0.710. The van der Waals surface area contributed by atoms with Crippen LogP contribution in [0.4, 0.5) is 0 Å². The Bertz CT molecular complexity index is 1050. The van der Waals surface area contributed by atoms with Crippen molar-refractivity contribution < 1.29 is 14.3 Å². The van der Waals surface area contributed by atoms with Gasteiger partial charge in [0.05, 0.1) is 30.8 Å². The molecule has 2 amide bonds. The van der Waals surface area contributed by atoms with E-state index in [1.807, 2.05) is 0 Å². The van der Waals surface area contributed by atoms with Crippen LogP contribution in [-0.2, 0) is 9.53 Å². The standard InChI is InChI=1S/C18H18N4O4/c23-16(21-6-8-26-9-7-21)11-19-17(24)12-3-4-14-13(10-12)20-18(25)15-2-1-5-22(14)15/h1-5,10H,6-9,11H2,(H,19,24)(H,20,25). The lowest BCUT2D eigenvalue weighted by molar-refractivity contribution is -0.134. The number of amides is 2. The summed E-state index contributed by atoms with van der Waals surface area (Å²) in [5, 5.41) is 2.64. The molecule has 4 rings (SSSR count). The molecule has 2 N–H and O–H groups in total. The number of morpholine rings is 1. The summed E-state index contributed by atoms with van der Waals surface area (Å²) in [5.74, 6) is -0.494. The van der Waals surface area contributed by atoms with Gasteiger partial charge in [-0.05, 0) is 30.3 Å². The molecule has 3 heterocycles. The van der Waals surface area contributed by atoms with E-state index in [0.29, 0.717) is 42.9 Å². The van der Waals surface area contributed by atoms with Crippen LogP contribution in [0, 0.1) is 0 Å². The van der Waals surface area contributed by atoms with Gasteiger partial charge in [0.25, 0.3) is 11.5 Å². The number of fused-ring (bicyclic) bond motifs is 3. The zero-order valence-electron chi connectivity index (χ0n) is 14.0. The normalized spacial score (nSPS) is 14.7. The van der Waals surface area contributed by atoms with Crippen LogP contribution in [0.1, 0.15) is 10.4 Å². The molecule has 0 unspecified atom stereocenters. The van der Waals surface area contributed by atoms with Gasteiger partial charge in [-0.3, -0.25) is 14.4 Å². The van der Waals surface area contributed by atoms with Gasteiger partial charge in [0.15, 0.2) is 0 Å². The molecule has 2 aromatic heterocycles. The summed E-state index contributed by atoms with van der Waals surface area (Å²) >= 11 is 0. The molecule has 1 fully saturated rings. The van der Waals surface area contributed by atoms with E-state index in [2.05, 4.69) is 10.3 Å². The van der Waals surface area contributed by atoms with Crippen molar-refractivity contribution in [3.63, 3.8) is 0 Å². The lowest BCUT2D eigenvalue weighted by Crippen LogP contribution is -2.45. The van der Waals surface area contributed by atoms with Crippen molar-refractivity contribution in [2.45, 2.75) is 0 Å². The van der Waals surface area contributed by atoms with Crippen molar-refractivity contribution in [1.29, 1.82) is 0 Å². The number of aromatic nitrogens is 2. The first-order valence-electron chi connectivity index (χ1n) is 8.40. The van der Waals surface area contributed by atoms with E-state index in [1.54, 1.807) is 45.8 Å². The topological polar surface area (TPSA) is 95.9 Å². The summed E-state index contributed by atoms with van der Waals surface area (Å²) in [5.41, 5.74) is 2.07. The molecule has 8 heteroatoms. The average Bonchev–Trinajstić information content (AvgIpc) is 3.17. The fraction of sp³-hybridized carbons (Fsp3) is 0.278. The number of carbonyl (C=O) groups is 2. The van der Waals surface area contributed by atoms with E-state index < -0.39 is 0 Å². The molecule has 1 aliphatic heterocycles. The van der Waals surface area contributed by atoms with Gasteiger partial charge in [0.2, 0.25) is 5.91 Å². The predicted molar refractivity (Wildman–Crippen MR) is 95.3 cm³/mol. The van der Waals surface area contributed by atoms with Crippen LogP contribution >= 0.6 is 0 Å². The first-order chi connectivity index (χ1) is 12.6. The van der Waals surface area contributed by atoms with E-state index in [9.17, 15) is 14.4 Å². The van der Waals surface area contributed by atoms with Crippen LogP contribution in [0.3, 0.4) is 0 Å². The van der Waals surface area contributed by atoms with E-state index in [-0.39, 0.29) is 23.9 Å². The summed E-state index contributed by atoms with van der Waals surface area (Å²) in [6.07, 6.45) is 1.80. The Labute approximate surface area is 148 Å². The fourth-order valence-electron chi connectivity index (χ4n) is 3.13. The largest absolute Gasteiger partial charge is 0.378 e. The summed E-state index contributed by atoms with van der Waals surface area (Å²) in [6, 6.07) is 8.59. The molecule has 26 heavy (non-hydrogen) atoms. The number of nitrogens with one attached hydrogen (secondary N) is 2. The second-order valence-electron chi connectivity index (χ2n) is 6.13. The zero-order valence-corrected chi connectivity index (χ0v) is 14.0. The minimum Gasteiger partial charge on any atom is -0.378 e. The molecule has 1 aliphatic rings. The molecular weight excluding hydrogens is 336 g/mol. The molecular formula is C18H18N4O4. The summed E-state index contributed by atoms with van der Waals surface area (Å²) in [4.78, 5) is 41.0. The van der Waals surface area contributed by atoms with Gasteiger partial charge in [-0.15, -0.1) is 0 Å². The van der Waals surface area contributed by atoms with Gasteiger partial charge in [-0.2, -0.15) is 0 Å². The van der Waals surface area contributed by atoms with Crippen molar-refractivity contribution in [3.05, 3.63) is 52.4 Å². The SMILES string of the molecule is O=C(NCC(=O)N1CCOCC1)c1ccc2c(c1)[nH]c(=O)c1cccn12. The lowest BCUT2D eigenvalue weighted by Gasteiger charge is -2.26. The van der Waals surface area contributed by atoms with Crippen LogP contribution in [0.2, 0.25) is 0 Å². The third-order valence-corrected chi connectivity index (χ3v) is 4.51. The second-order valence-corrected chi connectivity index (χ2v) is 6.13. The molecule has 134 valence electrons. The maximum absolute atomic E-state index is 12.4. The van der Waals surface area contributed by atoms with Crippen LogP contribution in [0.5, 0.6) is 0 Å². The molecule has 0 spiro atoms. The van der Waals surface area contributed by atoms with E-state index in [4.69, 9.17) is 4.74 Å². The van der Waals surface area contributed by atoms with Crippen molar-refractivity contribution >= 4 is 28.4 Å². The highest BCUT2D eigenvalue weighted by Crippen LogP contribution is 2.15. The Morgan fingerprint density at radius 2 is 1.96 bits per heavy atom. The third-order valence-electron chi connectivity index (χ3n) is 4.51. The predicted octanol–water partition coefficient (Wildman–Crippen LogP) is 0.369. The highest BCUT2D eigenvalue weighted by atomic mass is 16.5. The summed E-state index contributed by atoms with van der Waals surface area (Å²) < 4.78 is 6.98. The Balaban J connectivity index is 1.52. The number of carbonyl (C=O) groups excluding carboxylic acids is 2. The van der Waals surface area contributed by atoms with Crippen LogP contribution < -0.4 is 10.9 Å². The first-order valence-corrected chi connectivity index (χ1v) is 8.40. The lowest BCUT2D eigenvalue weighted by atomic mass is 10.1. The molecule has 0 saturated carbocycles. The number of rotatable bonds is 3. The molecule has 0 bridgehead atoms. The van der Waals surface area contributed by atoms with Crippen molar-refractivity contribution in [2.24, 2.45) is 0 Å². The Morgan fingerprint density at radius 1 is 1.15 bits per heavy atom. The summed E-state index contributed by atoms with van der Waals surface area (Å²) in [7, 11) is 0. The Morgan fingerprint density at radius 3 is 2.77 bits per heavy atom. The number of hydrogen-bond donors (Lipinski definition) is 2. The number of aromatic amines is 1. The number of benzene rings is 1. The van der Waals surface area contributed by atoms with Crippen LogP contribution in [0.15, 0.2) is 41.3 Å². The smallest absolute Gasteiger partial charge is 0.272 e. The number of ether oxygens (including phenoxy) is 1.